The highest BCUT2D eigenvalue weighted by Gasteiger charge is 2.08. The maximum Gasteiger partial charge on any atom is 0.269 e. The van der Waals surface area contributed by atoms with E-state index in [1.165, 1.54) is 5.01 Å². The van der Waals surface area contributed by atoms with Crippen LogP contribution in [0.15, 0.2) is 54.6 Å². The minimum Gasteiger partial charge on any atom is -0.489 e. The smallest absolute Gasteiger partial charge is 0.269 e. The number of ether oxygens (including phenoxy) is 1. The van der Waals surface area contributed by atoms with Crippen LogP contribution in [0, 0.1) is 0 Å². The number of carbonyl (C=O) groups is 1. The third-order valence-electron chi connectivity index (χ3n) is 2.96. The quantitative estimate of drug-likeness (QED) is 0.668. The van der Waals surface area contributed by atoms with E-state index in [4.69, 9.17) is 22.7 Å². The monoisotopic (exact) mass is 315 g/mol. The Kier molecular flexibility index (Phi) is 5.32. The van der Waals surface area contributed by atoms with Crippen LogP contribution < -0.4 is 15.9 Å². The molecule has 0 aliphatic carbocycles. The number of amides is 1. The minimum atomic E-state index is -0.287. The summed E-state index contributed by atoms with van der Waals surface area (Å²) < 4.78 is 5.66. The fraction of sp³-hybridized carbons (Fsp3) is 0.125. The molecule has 0 heterocycles. The van der Waals surface area contributed by atoms with Crippen molar-refractivity contribution in [3.8, 4) is 5.75 Å². The topological polar surface area (TPSA) is 67.6 Å². The SMILES string of the molecule is CN(NC(=O)c1ccc(OCc2ccccc2)cc1)C(N)=S. The highest BCUT2D eigenvalue weighted by molar-refractivity contribution is 7.80. The summed E-state index contributed by atoms with van der Waals surface area (Å²) in [4.78, 5) is 11.9. The molecule has 2 aromatic rings. The minimum absolute atomic E-state index is 0.0937. The highest BCUT2D eigenvalue weighted by atomic mass is 32.1. The van der Waals surface area contributed by atoms with Crippen LogP contribution in [0.1, 0.15) is 15.9 Å². The third-order valence-corrected chi connectivity index (χ3v) is 3.24. The van der Waals surface area contributed by atoms with Gasteiger partial charge in [-0.3, -0.25) is 15.2 Å². The number of hydrogen-bond donors (Lipinski definition) is 2. The molecule has 0 saturated heterocycles. The molecule has 6 heteroatoms. The Balaban J connectivity index is 1.92. The molecular weight excluding hydrogens is 298 g/mol. The Bertz CT molecular complexity index is 644. The molecule has 1 amide bonds. The summed E-state index contributed by atoms with van der Waals surface area (Å²) in [5.74, 6) is 0.410. The molecule has 22 heavy (non-hydrogen) atoms. The number of carbonyl (C=O) groups excluding carboxylic acids is 1. The van der Waals surface area contributed by atoms with Gasteiger partial charge in [0.05, 0.1) is 0 Å². The van der Waals surface area contributed by atoms with Crippen molar-refractivity contribution in [3.63, 3.8) is 0 Å². The predicted octanol–water partition coefficient (Wildman–Crippen LogP) is 2.09. The number of hydrogen-bond acceptors (Lipinski definition) is 3. The number of benzene rings is 2. The van der Waals surface area contributed by atoms with Crippen LogP contribution in [0.2, 0.25) is 0 Å². The summed E-state index contributed by atoms with van der Waals surface area (Å²) in [6.07, 6.45) is 0. The van der Waals surface area contributed by atoms with E-state index in [0.29, 0.717) is 17.9 Å². The first-order chi connectivity index (χ1) is 10.6. The van der Waals surface area contributed by atoms with Crippen LogP contribution in [0.25, 0.3) is 0 Å². The lowest BCUT2D eigenvalue weighted by atomic mass is 10.2. The van der Waals surface area contributed by atoms with Gasteiger partial charge in [-0.2, -0.15) is 0 Å². The Labute approximate surface area is 134 Å². The second kappa shape index (κ2) is 7.42. The molecule has 0 aromatic heterocycles. The van der Waals surface area contributed by atoms with E-state index in [2.05, 4.69) is 5.43 Å². The van der Waals surface area contributed by atoms with Crippen LogP contribution in [-0.2, 0) is 6.61 Å². The summed E-state index contributed by atoms with van der Waals surface area (Å²) in [6, 6.07) is 16.7. The predicted molar refractivity (Wildman–Crippen MR) is 89.2 cm³/mol. The number of nitrogens with zero attached hydrogens (tertiary/aromatic N) is 1. The third kappa shape index (κ3) is 4.46. The summed E-state index contributed by atoms with van der Waals surface area (Å²) in [5, 5.41) is 1.38. The fourth-order valence-electron chi connectivity index (χ4n) is 1.72. The maximum absolute atomic E-state index is 11.9. The molecule has 0 atom stereocenters. The fourth-order valence-corrected chi connectivity index (χ4v) is 1.76. The van der Waals surface area contributed by atoms with E-state index in [9.17, 15) is 4.79 Å². The molecule has 3 N–H and O–H groups in total. The summed E-state index contributed by atoms with van der Waals surface area (Å²) in [7, 11) is 1.58. The van der Waals surface area contributed by atoms with Crippen LogP contribution in [0.3, 0.4) is 0 Å². The van der Waals surface area contributed by atoms with Gasteiger partial charge in [0.15, 0.2) is 5.11 Å². The standard InChI is InChI=1S/C16H17N3O2S/c1-19(16(17)22)18-15(20)13-7-9-14(10-8-13)21-11-12-5-3-2-4-6-12/h2-10H,11H2,1H3,(H2,17,22)(H,18,20). The molecule has 114 valence electrons. The van der Waals surface area contributed by atoms with Crippen molar-refractivity contribution in [2.24, 2.45) is 5.73 Å². The highest BCUT2D eigenvalue weighted by Crippen LogP contribution is 2.14. The summed E-state index contributed by atoms with van der Waals surface area (Å²) >= 11 is 4.76. The summed E-state index contributed by atoms with van der Waals surface area (Å²) in [5.41, 5.74) is 9.55. The molecule has 2 aromatic carbocycles. The van der Waals surface area contributed by atoms with E-state index in [1.54, 1.807) is 31.3 Å². The Hall–Kier alpha value is -2.60. The van der Waals surface area contributed by atoms with Gasteiger partial charge < -0.3 is 10.5 Å². The van der Waals surface area contributed by atoms with E-state index < -0.39 is 0 Å². The molecular formula is C16H17N3O2S. The number of nitrogens with one attached hydrogen (secondary N) is 1. The number of rotatable bonds is 4. The van der Waals surface area contributed by atoms with Crippen molar-refractivity contribution in [2.75, 3.05) is 7.05 Å². The molecule has 0 saturated carbocycles. The first-order valence-corrected chi connectivity index (χ1v) is 7.08. The second-order valence-electron chi connectivity index (χ2n) is 4.64. The first-order valence-electron chi connectivity index (χ1n) is 6.67. The van der Waals surface area contributed by atoms with Gasteiger partial charge in [-0.15, -0.1) is 0 Å². The number of hydrazine groups is 1. The average Bonchev–Trinajstić information content (AvgIpc) is 2.54. The van der Waals surface area contributed by atoms with E-state index >= 15 is 0 Å². The zero-order valence-electron chi connectivity index (χ0n) is 12.2. The van der Waals surface area contributed by atoms with Crippen molar-refractivity contribution >= 4 is 23.2 Å². The lowest BCUT2D eigenvalue weighted by Crippen LogP contribution is -2.45. The van der Waals surface area contributed by atoms with Gasteiger partial charge in [-0.25, -0.2) is 0 Å². The molecule has 0 aliphatic heterocycles. The van der Waals surface area contributed by atoms with Gasteiger partial charge in [-0.1, -0.05) is 30.3 Å². The van der Waals surface area contributed by atoms with E-state index in [-0.39, 0.29) is 11.0 Å². The van der Waals surface area contributed by atoms with Gasteiger partial charge >= 0.3 is 0 Å². The van der Waals surface area contributed by atoms with Gasteiger partial charge in [0.25, 0.3) is 5.91 Å². The van der Waals surface area contributed by atoms with Crippen molar-refractivity contribution in [2.45, 2.75) is 6.61 Å². The van der Waals surface area contributed by atoms with Crippen LogP contribution in [0.5, 0.6) is 5.75 Å². The maximum atomic E-state index is 11.9. The Morgan fingerprint density at radius 3 is 2.41 bits per heavy atom. The van der Waals surface area contributed by atoms with Gasteiger partial charge in [0, 0.05) is 12.6 Å². The first kappa shape index (κ1) is 15.8. The van der Waals surface area contributed by atoms with Crippen molar-refractivity contribution < 1.29 is 9.53 Å². The molecule has 0 radical (unpaired) electrons. The number of thiocarbonyl (C=S) groups is 1. The summed E-state index contributed by atoms with van der Waals surface area (Å²) in [6.45, 7) is 0.483. The van der Waals surface area contributed by atoms with Gasteiger partial charge in [0.1, 0.15) is 12.4 Å². The normalized spacial score (nSPS) is 9.86. The molecule has 0 spiro atoms. The van der Waals surface area contributed by atoms with Crippen LogP contribution in [-0.4, -0.2) is 23.1 Å². The molecule has 5 nitrogen and oxygen atoms in total. The molecule has 0 aliphatic rings. The molecule has 0 fully saturated rings. The lowest BCUT2D eigenvalue weighted by Gasteiger charge is -2.17. The van der Waals surface area contributed by atoms with E-state index in [0.717, 1.165) is 5.56 Å². The Morgan fingerprint density at radius 1 is 1.18 bits per heavy atom. The van der Waals surface area contributed by atoms with Gasteiger partial charge in [0.2, 0.25) is 0 Å². The average molecular weight is 315 g/mol. The Morgan fingerprint density at radius 2 is 1.82 bits per heavy atom. The molecule has 0 unspecified atom stereocenters. The lowest BCUT2D eigenvalue weighted by molar-refractivity contribution is 0.0888. The van der Waals surface area contributed by atoms with E-state index in [1.807, 2.05) is 30.3 Å². The van der Waals surface area contributed by atoms with Crippen molar-refractivity contribution in [1.82, 2.24) is 10.4 Å². The second-order valence-corrected chi connectivity index (χ2v) is 5.06. The van der Waals surface area contributed by atoms with Crippen molar-refractivity contribution in [1.29, 1.82) is 0 Å². The van der Waals surface area contributed by atoms with Gasteiger partial charge in [-0.05, 0) is 42.0 Å². The zero-order chi connectivity index (χ0) is 15.9. The zero-order valence-corrected chi connectivity index (χ0v) is 13.0. The van der Waals surface area contributed by atoms with Crippen molar-refractivity contribution in [3.05, 3.63) is 65.7 Å². The van der Waals surface area contributed by atoms with Crippen LogP contribution in [0.4, 0.5) is 0 Å². The van der Waals surface area contributed by atoms with Crippen LogP contribution >= 0.6 is 12.2 Å². The molecule has 2 rings (SSSR count). The molecule has 0 bridgehead atoms. The number of nitrogens with two attached hydrogens (primary N) is 1. The largest absolute Gasteiger partial charge is 0.489 e.